The Labute approximate surface area is 183 Å². The molecule has 0 atom stereocenters. The summed E-state index contributed by atoms with van der Waals surface area (Å²) in [6, 6.07) is 15.9. The van der Waals surface area contributed by atoms with Crippen molar-refractivity contribution < 1.29 is 9.53 Å². The number of nitrogens with zero attached hydrogens (tertiary/aromatic N) is 2. The molecule has 0 spiro atoms. The first-order chi connectivity index (χ1) is 14.1. The number of benzene rings is 2. The monoisotopic (exact) mass is 469 g/mol. The van der Waals surface area contributed by atoms with Gasteiger partial charge in [-0.15, -0.1) is 0 Å². The molecular formula is C22H20BrN3O2S. The topological polar surface area (TPSA) is 46.5 Å². The molecule has 1 aliphatic heterocycles. The Bertz CT molecular complexity index is 1110. The minimum atomic E-state index is -0.0965. The first-order valence-electron chi connectivity index (χ1n) is 9.37. The van der Waals surface area contributed by atoms with E-state index in [0.29, 0.717) is 30.5 Å². The van der Waals surface area contributed by atoms with Crippen LogP contribution in [0.2, 0.25) is 0 Å². The van der Waals surface area contributed by atoms with E-state index in [0.717, 1.165) is 26.7 Å². The van der Waals surface area contributed by atoms with Crippen LogP contribution in [0.4, 0.5) is 0 Å². The van der Waals surface area contributed by atoms with Gasteiger partial charge in [0, 0.05) is 33.7 Å². The summed E-state index contributed by atoms with van der Waals surface area (Å²) in [6.07, 6.45) is 3.92. The highest BCUT2D eigenvalue weighted by Crippen LogP contribution is 2.28. The third kappa shape index (κ3) is 4.06. The molecule has 0 unspecified atom stereocenters. The van der Waals surface area contributed by atoms with E-state index < -0.39 is 0 Å². The lowest BCUT2D eigenvalue weighted by molar-refractivity contribution is -0.122. The van der Waals surface area contributed by atoms with Gasteiger partial charge in [0.1, 0.15) is 18.1 Å². The van der Waals surface area contributed by atoms with E-state index in [1.54, 1.807) is 4.90 Å². The van der Waals surface area contributed by atoms with Crippen LogP contribution in [-0.4, -0.2) is 33.6 Å². The number of fused-ring (bicyclic) bond motifs is 1. The molecule has 29 heavy (non-hydrogen) atoms. The summed E-state index contributed by atoms with van der Waals surface area (Å²) in [6.45, 7) is 3.69. The normalized spacial score (nSPS) is 15.4. The van der Waals surface area contributed by atoms with Crippen molar-refractivity contribution >= 4 is 56.1 Å². The third-order valence-corrected chi connectivity index (χ3v) is 5.61. The fourth-order valence-electron chi connectivity index (χ4n) is 3.39. The largest absolute Gasteiger partial charge is 0.492 e. The Morgan fingerprint density at radius 1 is 1.21 bits per heavy atom. The van der Waals surface area contributed by atoms with Gasteiger partial charge in [-0.2, -0.15) is 0 Å². The van der Waals surface area contributed by atoms with Crippen molar-refractivity contribution in [3.05, 3.63) is 70.5 Å². The van der Waals surface area contributed by atoms with Crippen LogP contribution in [0, 0.1) is 0 Å². The smallest absolute Gasteiger partial charge is 0.276 e. The molecule has 1 fully saturated rings. The molecule has 0 saturated carbocycles. The lowest BCUT2D eigenvalue weighted by Gasteiger charge is -2.08. The van der Waals surface area contributed by atoms with E-state index in [2.05, 4.69) is 37.9 Å². The van der Waals surface area contributed by atoms with Crippen LogP contribution in [0.1, 0.15) is 12.5 Å². The van der Waals surface area contributed by atoms with Gasteiger partial charge in [0.05, 0.1) is 6.54 Å². The van der Waals surface area contributed by atoms with Crippen LogP contribution in [-0.2, 0) is 11.3 Å². The quantitative estimate of drug-likeness (QED) is 0.424. The van der Waals surface area contributed by atoms with Gasteiger partial charge in [0.2, 0.25) is 0 Å². The molecule has 0 radical (unpaired) electrons. The number of hydrogen-bond acceptors (Lipinski definition) is 3. The maximum atomic E-state index is 12.6. The van der Waals surface area contributed by atoms with E-state index in [1.807, 2.05) is 55.6 Å². The molecule has 0 bridgehead atoms. The predicted molar refractivity (Wildman–Crippen MR) is 123 cm³/mol. The highest BCUT2D eigenvalue weighted by atomic mass is 79.9. The summed E-state index contributed by atoms with van der Waals surface area (Å²) in [5.41, 5.74) is 2.53. The van der Waals surface area contributed by atoms with Crippen molar-refractivity contribution in [1.29, 1.82) is 0 Å². The number of para-hydroxylation sites is 1. The summed E-state index contributed by atoms with van der Waals surface area (Å²) in [4.78, 5) is 14.1. The summed E-state index contributed by atoms with van der Waals surface area (Å²) in [7, 11) is 0. The minimum Gasteiger partial charge on any atom is -0.492 e. The SMILES string of the molecule is CCN1C(=O)/C(=C\c2cn(CCOc3ccccc3)c3ccc(Br)cc23)NC1=S. The Morgan fingerprint density at radius 2 is 2.00 bits per heavy atom. The van der Waals surface area contributed by atoms with E-state index in [1.165, 1.54) is 0 Å². The fourth-order valence-corrected chi connectivity index (χ4v) is 4.07. The predicted octanol–water partition coefficient (Wildman–Crippen LogP) is 4.56. The Balaban J connectivity index is 1.63. The standard InChI is InChI=1S/C22H20BrN3O2S/c1-2-26-21(27)19(24-22(26)29)12-15-14-25(20-9-8-16(23)13-18(15)20)10-11-28-17-6-4-3-5-7-17/h3-9,12-14H,2,10-11H2,1H3,(H,24,29)/b19-12+. The van der Waals surface area contributed by atoms with Crippen LogP contribution < -0.4 is 10.1 Å². The highest BCUT2D eigenvalue weighted by molar-refractivity contribution is 9.10. The number of amides is 1. The maximum absolute atomic E-state index is 12.6. The second-order valence-electron chi connectivity index (χ2n) is 6.64. The van der Waals surface area contributed by atoms with Crippen molar-refractivity contribution in [2.24, 2.45) is 0 Å². The molecule has 1 N–H and O–H groups in total. The van der Waals surface area contributed by atoms with Crippen LogP contribution in [0.25, 0.3) is 17.0 Å². The first-order valence-corrected chi connectivity index (χ1v) is 10.6. The lowest BCUT2D eigenvalue weighted by Crippen LogP contribution is -2.30. The molecule has 1 saturated heterocycles. The van der Waals surface area contributed by atoms with Crippen molar-refractivity contribution in [3.8, 4) is 5.75 Å². The van der Waals surface area contributed by atoms with Gasteiger partial charge < -0.3 is 14.6 Å². The lowest BCUT2D eigenvalue weighted by atomic mass is 10.1. The minimum absolute atomic E-state index is 0.0965. The number of likely N-dealkylation sites (N-methyl/N-ethyl adjacent to an activating group) is 1. The summed E-state index contributed by atoms with van der Waals surface area (Å²) >= 11 is 8.81. The average Bonchev–Trinajstić information content (AvgIpc) is 3.19. The van der Waals surface area contributed by atoms with Gasteiger partial charge in [-0.05, 0) is 55.5 Å². The molecule has 1 amide bonds. The molecule has 7 heteroatoms. The van der Waals surface area contributed by atoms with E-state index in [9.17, 15) is 4.79 Å². The Morgan fingerprint density at radius 3 is 2.72 bits per heavy atom. The fraction of sp³-hybridized carbons (Fsp3) is 0.182. The zero-order valence-corrected chi connectivity index (χ0v) is 18.3. The molecule has 2 heterocycles. The average molecular weight is 470 g/mol. The molecule has 3 aromatic rings. The van der Waals surface area contributed by atoms with Crippen LogP contribution in [0.3, 0.4) is 0 Å². The number of ether oxygens (including phenoxy) is 1. The Kier molecular flexibility index (Phi) is 5.69. The van der Waals surface area contributed by atoms with Crippen LogP contribution in [0.5, 0.6) is 5.75 Å². The number of carbonyl (C=O) groups excluding carboxylic acids is 1. The summed E-state index contributed by atoms with van der Waals surface area (Å²) < 4.78 is 8.98. The van der Waals surface area contributed by atoms with Gasteiger partial charge >= 0.3 is 0 Å². The number of thiocarbonyl (C=S) groups is 1. The van der Waals surface area contributed by atoms with Gasteiger partial charge in [-0.25, -0.2) is 0 Å². The molecule has 2 aromatic carbocycles. The summed E-state index contributed by atoms with van der Waals surface area (Å²) in [5, 5.41) is 4.54. The van der Waals surface area contributed by atoms with Gasteiger partial charge in [0.15, 0.2) is 5.11 Å². The maximum Gasteiger partial charge on any atom is 0.276 e. The van der Waals surface area contributed by atoms with Gasteiger partial charge in [-0.3, -0.25) is 9.69 Å². The van der Waals surface area contributed by atoms with Crippen molar-refractivity contribution in [3.63, 3.8) is 0 Å². The number of carbonyl (C=O) groups is 1. The molecular weight excluding hydrogens is 450 g/mol. The van der Waals surface area contributed by atoms with Gasteiger partial charge in [-0.1, -0.05) is 34.1 Å². The van der Waals surface area contributed by atoms with E-state index >= 15 is 0 Å². The highest BCUT2D eigenvalue weighted by Gasteiger charge is 2.29. The molecule has 148 valence electrons. The molecule has 1 aliphatic rings. The zero-order valence-electron chi connectivity index (χ0n) is 15.9. The number of rotatable bonds is 6. The van der Waals surface area contributed by atoms with Crippen molar-refractivity contribution in [2.75, 3.05) is 13.2 Å². The number of hydrogen-bond donors (Lipinski definition) is 1. The van der Waals surface area contributed by atoms with Gasteiger partial charge in [0.25, 0.3) is 5.91 Å². The van der Waals surface area contributed by atoms with Crippen LogP contribution >= 0.6 is 28.1 Å². The van der Waals surface area contributed by atoms with E-state index in [-0.39, 0.29) is 5.91 Å². The molecule has 5 nitrogen and oxygen atoms in total. The number of halogens is 1. The molecule has 0 aliphatic carbocycles. The van der Waals surface area contributed by atoms with E-state index in [4.69, 9.17) is 17.0 Å². The molecule has 4 rings (SSSR count). The van der Waals surface area contributed by atoms with Crippen molar-refractivity contribution in [1.82, 2.24) is 14.8 Å². The second kappa shape index (κ2) is 8.39. The second-order valence-corrected chi connectivity index (χ2v) is 7.94. The number of nitrogens with one attached hydrogen (secondary N) is 1. The Hall–Kier alpha value is -2.64. The first kappa shape index (κ1) is 19.7. The summed E-state index contributed by atoms with van der Waals surface area (Å²) in [5.74, 6) is 0.753. The number of aromatic nitrogens is 1. The third-order valence-electron chi connectivity index (χ3n) is 4.80. The van der Waals surface area contributed by atoms with Crippen molar-refractivity contribution in [2.45, 2.75) is 13.5 Å². The molecule has 1 aromatic heterocycles. The van der Waals surface area contributed by atoms with Crippen LogP contribution in [0.15, 0.2) is 64.9 Å². The zero-order chi connectivity index (χ0) is 20.4.